The molecule has 1 saturated carbocycles. The number of likely N-dealkylation sites (tertiary alicyclic amines) is 1. The Hall–Kier alpha value is -1.85. The summed E-state index contributed by atoms with van der Waals surface area (Å²) >= 11 is 0. The summed E-state index contributed by atoms with van der Waals surface area (Å²) < 4.78 is 0. The summed E-state index contributed by atoms with van der Waals surface area (Å²) in [5.41, 5.74) is 1.08. The first-order valence-electron chi connectivity index (χ1n) is 7.84. The molecule has 0 atom stereocenters. The predicted molar refractivity (Wildman–Crippen MR) is 82.3 cm³/mol. The molecule has 2 heterocycles. The van der Waals surface area contributed by atoms with Crippen molar-refractivity contribution in [3.63, 3.8) is 0 Å². The lowest BCUT2D eigenvalue weighted by Crippen LogP contribution is -2.27. The second kappa shape index (κ2) is 6.28. The van der Waals surface area contributed by atoms with Gasteiger partial charge in [-0.3, -0.25) is 4.79 Å². The number of hydrogen-bond donors (Lipinski definition) is 2. The molecule has 0 spiro atoms. The van der Waals surface area contributed by atoms with E-state index in [1.807, 2.05) is 18.0 Å². The van der Waals surface area contributed by atoms with Crippen LogP contribution in [-0.4, -0.2) is 46.5 Å². The number of anilines is 2. The van der Waals surface area contributed by atoms with Gasteiger partial charge in [-0.1, -0.05) is 0 Å². The molecule has 1 saturated heterocycles. The molecular formula is C15H23N5O. The fourth-order valence-corrected chi connectivity index (χ4v) is 2.50. The van der Waals surface area contributed by atoms with Gasteiger partial charge in [-0.25, -0.2) is 4.98 Å². The number of aryl methyl sites for hydroxylation is 1. The van der Waals surface area contributed by atoms with Crippen molar-refractivity contribution in [2.24, 2.45) is 0 Å². The lowest BCUT2D eigenvalue weighted by atomic mass is 10.3. The van der Waals surface area contributed by atoms with Crippen LogP contribution >= 0.6 is 0 Å². The van der Waals surface area contributed by atoms with E-state index in [9.17, 15) is 4.79 Å². The number of nitrogens with zero attached hydrogens (tertiary/aromatic N) is 3. The van der Waals surface area contributed by atoms with E-state index in [2.05, 4.69) is 20.6 Å². The van der Waals surface area contributed by atoms with Crippen molar-refractivity contribution in [2.75, 3.05) is 30.3 Å². The third kappa shape index (κ3) is 3.83. The van der Waals surface area contributed by atoms with Crippen molar-refractivity contribution in [3.05, 3.63) is 11.8 Å². The van der Waals surface area contributed by atoms with E-state index in [0.717, 1.165) is 43.9 Å². The minimum absolute atomic E-state index is 0.289. The molecule has 6 heteroatoms. The van der Waals surface area contributed by atoms with Crippen molar-refractivity contribution in [2.45, 2.75) is 45.1 Å². The number of rotatable bonds is 7. The zero-order valence-corrected chi connectivity index (χ0v) is 12.6. The van der Waals surface area contributed by atoms with Gasteiger partial charge in [-0.2, -0.15) is 4.98 Å². The monoisotopic (exact) mass is 289 g/mol. The highest BCUT2D eigenvalue weighted by atomic mass is 16.2. The maximum Gasteiger partial charge on any atom is 0.224 e. The van der Waals surface area contributed by atoms with Gasteiger partial charge in [0.2, 0.25) is 11.9 Å². The molecule has 6 nitrogen and oxygen atoms in total. The highest BCUT2D eigenvalue weighted by Gasteiger charge is 2.22. The maximum absolute atomic E-state index is 11.5. The summed E-state index contributed by atoms with van der Waals surface area (Å²) in [5.74, 6) is 1.89. The van der Waals surface area contributed by atoms with E-state index in [4.69, 9.17) is 0 Å². The van der Waals surface area contributed by atoms with Crippen LogP contribution < -0.4 is 10.6 Å². The van der Waals surface area contributed by atoms with Gasteiger partial charge in [0.05, 0.1) is 0 Å². The van der Waals surface area contributed by atoms with Gasteiger partial charge < -0.3 is 15.5 Å². The lowest BCUT2D eigenvalue weighted by molar-refractivity contribution is -0.127. The van der Waals surface area contributed by atoms with Gasteiger partial charge in [0.1, 0.15) is 5.82 Å². The average molecular weight is 289 g/mol. The SMILES string of the molecule is Cc1cnc(NCCCN2CCCC2=O)nc1NC1CC1. The van der Waals surface area contributed by atoms with E-state index in [-0.39, 0.29) is 5.91 Å². The van der Waals surface area contributed by atoms with Crippen LogP contribution in [0.15, 0.2) is 6.20 Å². The standard InChI is InChI=1S/C15H23N5O/c1-11-10-17-15(19-14(11)18-12-5-6-12)16-7-3-9-20-8-2-4-13(20)21/h10,12H,2-9H2,1H3,(H2,16,17,18,19). The predicted octanol–water partition coefficient (Wildman–Crippen LogP) is 1.78. The van der Waals surface area contributed by atoms with Gasteiger partial charge in [0.25, 0.3) is 0 Å². The second-order valence-electron chi connectivity index (χ2n) is 5.91. The van der Waals surface area contributed by atoms with Gasteiger partial charge in [-0.05, 0) is 32.6 Å². The van der Waals surface area contributed by atoms with Crippen LogP contribution in [0.1, 0.15) is 37.7 Å². The molecule has 0 radical (unpaired) electrons. The van der Waals surface area contributed by atoms with Crippen molar-refractivity contribution < 1.29 is 4.79 Å². The third-order valence-corrected chi connectivity index (χ3v) is 3.95. The number of aromatic nitrogens is 2. The minimum atomic E-state index is 0.289. The fourth-order valence-electron chi connectivity index (χ4n) is 2.50. The Morgan fingerprint density at radius 3 is 3.00 bits per heavy atom. The van der Waals surface area contributed by atoms with E-state index in [1.165, 1.54) is 12.8 Å². The van der Waals surface area contributed by atoms with Crippen molar-refractivity contribution >= 4 is 17.7 Å². The van der Waals surface area contributed by atoms with Crippen molar-refractivity contribution in [3.8, 4) is 0 Å². The molecule has 1 aromatic heterocycles. The van der Waals surface area contributed by atoms with Crippen LogP contribution in [0.25, 0.3) is 0 Å². The van der Waals surface area contributed by atoms with Gasteiger partial charge in [-0.15, -0.1) is 0 Å². The quantitative estimate of drug-likeness (QED) is 0.749. The zero-order valence-electron chi connectivity index (χ0n) is 12.6. The fraction of sp³-hybridized carbons (Fsp3) is 0.667. The molecule has 2 N–H and O–H groups in total. The van der Waals surface area contributed by atoms with E-state index >= 15 is 0 Å². The van der Waals surface area contributed by atoms with Crippen LogP contribution in [0.3, 0.4) is 0 Å². The smallest absolute Gasteiger partial charge is 0.224 e. The molecule has 0 bridgehead atoms. The number of carbonyl (C=O) groups excluding carboxylic acids is 1. The molecule has 2 aliphatic rings. The first kappa shape index (κ1) is 14.1. The molecule has 1 aliphatic heterocycles. The highest BCUT2D eigenvalue weighted by molar-refractivity contribution is 5.78. The summed E-state index contributed by atoms with van der Waals surface area (Å²) in [6.07, 6.45) is 6.96. The van der Waals surface area contributed by atoms with Gasteiger partial charge in [0.15, 0.2) is 0 Å². The Labute approximate surface area is 125 Å². The lowest BCUT2D eigenvalue weighted by Gasteiger charge is -2.15. The molecular weight excluding hydrogens is 266 g/mol. The molecule has 0 unspecified atom stereocenters. The van der Waals surface area contributed by atoms with E-state index in [1.54, 1.807) is 0 Å². The van der Waals surface area contributed by atoms with E-state index < -0.39 is 0 Å². The maximum atomic E-state index is 11.5. The largest absolute Gasteiger partial charge is 0.367 e. The zero-order chi connectivity index (χ0) is 14.7. The van der Waals surface area contributed by atoms with Crippen LogP contribution in [0.5, 0.6) is 0 Å². The first-order chi connectivity index (χ1) is 10.2. The Balaban J connectivity index is 1.45. The number of carbonyl (C=O) groups is 1. The van der Waals surface area contributed by atoms with Crippen molar-refractivity contribution in [1.29, 1.82) is 0 Å². The molecule has 114 valence electrons. The molecule has 0 aromatic carbocycles. The Bertz CT molecular complexity index is 515. The molecule has 21 heavy (non-hydrogen) atoms. The summed E-state index contributed by atoms with van der Waals surface area (Å²) in [6, 6.07) is 0.590. The van der Waals surface area contributed by atoms with Crippen LogP contribution in [-0.2, 0) is 4.79 Å². The summed E-state index contributed by atoms with van der Waals surface area (Å²) in [5, 5.41) is 6.67. The number of amides is 1. The first-order valence-corrected chi connectivity index (χ1v) is 7.84. The van der Waals surface area contributed by atoms with Crippen LogP contribution in [0, 0.1) is 6.92 Å². The van der Waals surface area contributed by atoms with Gasteiger partial charge >= 0.3 is 0 Å². The molecule has 2 fully saturated rings. The molecule has 1 aromatic rings. The minimum Gasteiger partial charge on any atom is -0.367 e. The molecule has 1 amide bonds. The summed E-state index contributed by atoms with van der Waals surface area (Å²) in [6.45, 7) is 4.55. The number of nitrogens with one attached hydrogen (secondary N) is 2. The summed E-state index contributed by atoms with van der Waals surface area (Å²) in [7, 11) is 0. The van der Waals surface area contributed by atoms with Gasteiger partial charge in [0, 0.05) is 43.9 Å². The summed E-state index contributed by atoms with van der Waals surface area (Å²) in [4.78, 5) is 22.3. The topological polar surface area (TPSA) is 70.2 Å². The van der Waals surface area contributed by atoms with Crippen LogP contribution in [0.4, 0.5) is 11.8 Å². The van der Waals surface area contributed by atoms with E-state index in [0.29, 0.717) is 18.4 Å². The normalized spacial score (nSPS) is 18.1. The third-order valence-electron chi connectivity index (χ3n) is 3.95. The Morgan fingerprint density at radius 1 is 1.43 bits per heavy atom. The second-order valence-corrected chi connectivity index (χ2v) is 5.91. The average Bonchev–Trinajstić information content (AvgIpc) is 3.20. The molecule has 1 aliphatic carbocycles. The molecule has 3 rings (SSSR count). The number of hydrogen-bond acceptors (Lipinski definition) is 5. The Kier molecular flexibility index (Phi) is 4.22. The van der Waals surface area contributed by atoms with Crippen molar-refractivity contribution in [1.82, 2.24) is 14.9 Å². The Morgan fingerprint density at radius 2 is 2.29 bits per heavy atom. The van der Waals surface area contributed by atoms with Crippen LogP contribution in [0.2, 0.25) is 0 Å². The highest BCUT2D eigenvalue weighted by Crippen LogP contribution is 2.25.